The van der Waals surface area contributed by atoms with Gasteiger partial charge in [-0.15, -0.1) is 0 Å². The third kappa shape index (κ3) is 3.77. The molecule has 1 saturated heterocycles. The van der Waals surface area contributed by atoms with Gasteiger partial charge >= 0.3 is 0 Å². The van der Waals surface area contributed by atoms with E-state index in [4.69, 9.17) is 18.0 Å². The second-order valence-corrected chi connectivity index (χ2v) is 7.83. The van der Waals surface area contributed by atoms with Crippen molar-refractivity contribution in [3.63, 3.8) is 0 Å². The zero-order valence-corrected chi connectivity index (χ0v) is 13.2. The summed E-state index contributed by atoms with van der Waals surface area (Å²) in [6, 6.07) is 7.09. The van der Waals surface area contributed by atoms with Gasteiger partial charge in [0, 0.05) is 18.7 Å². The molecule has 6 heteroatoms. The van der Waals surface area contributed by atoms with Crippen LogP contribution in [0.4, 0.5) is 0 Å². The lowest BCUT2D eigenvalue weighted by atomic mass is 10.0. The number of sulfonamides is 1. The molecule has 0 amide bonds. The summed E-state index contributed by atoms with van der Waals surface area (Å²) in [5, 5.41) is 0. The molecule has 2 rings (SSSR count). The summed E-state index contributed by atoms with van der Waals surface area (Å²) in [6.07, 6.45) is 2.05. The number of benzene rings is 1. The van der Waals surface area contributed by atoms with E-state index in [0.717, 1.165) is 24.0 Å². The molecule has 0 aromatic heterocycles. The lowest BCUT2D eigenvalue weighted by molar-refractivity contribution is 0.281. The molecule has 0 bridgehead atoms. The molecule has 110 valence electrons. The van der Waals surface area contributed by atoms with Crippen LogP contribution in [0.15, 0.2) is 24.3 Å². The van der Waals surface area contributed by atoms with Gasteiger partial charge in [-0.1, -0.05) is 43.4 Å². The Kier molecular flexibility index (Phi) is 4.78. The van der Waals surface area contributed by atoms with E-state index in [-0.39, 0.29) is 5.75 Å². The zero-order valence-electron chi connectivity index (χ0n) is 11.6. The van der Waals surface area contributed by atoms with Crippen molar-refractivity contribution >= 4 is 27.2 Å². The van der Waals surface area contributed by atoms with E-state index in [1.807, 2.05) is 0 Å². The summed E-state index contributed by atoms with van der Waals surface area (Å²) in [6.45, 7) is 3.36. The molecule has 0 radical (unpaired) electrons. The van der Waals surface area contributed by atoms with E-state index in [1.165, 1.54) is 0 Å². The summed E-state index contributed by atoms with van der Waals surface area (Å²) in [5.41, 5.74) is 7.05. The molecule has 1 heterocycles. The van der Waals surface area contributed by atoms with Gasteiger partial charge in [0.15, 0.2) is 0 Å². The van der Waals surface area contributed by atoms with Crippen LogP contribution in [-0.2, 0) is 15.8 Å². The number of thiocarbonyl (C=S) groups is 1. The first-order valence-corrected chi connectivity index (χ1v) is 8.77. The third-order valence-electron chi connectivity index (χ3n) is 3.60. The number of rotatable bonds is 4. The van der Waals surface area contributed by atoms with Crippen LogP contribution in [0.25, 0.3) is 0 Å². The number of hydrogen-bond donors (Lipinski definition) is 1. The molecule has 1 aliphatic heterocycles. The Morgan fingerprint density at radius 3 is 2.60 bits per heavy atom. The first-order chi connectivity index (χ1) is 9.38. The lowest BCUT2D eigenvalue weighted by Gasteiger charge is -2.30. The highest BCUT2D eigenvalue weighted by atomic mass is 32.2. The molecule has 0 saturated carbocycles. The Morgan fingerprint density at radius 2 is 2.05 bits per heavy atom. The van der Waals surface area contributed by atoms with Gasteiger partial charge in [0.1, 0.15) is 4.99 Å². The van der Waals surface area contributed by atoms with Gasteiger partial charge in [0.05, 0.1) is 5.75 Å². The highest BCUT2D eigenvalue weighted by Gasteiger charge is 2.27. The second-order valence-electron chi connectivity index (χ2n) is 5.42. The van der Waals surface area contributed by atoms with E-state index in [9.17, 15) is 8.42 Å². The predicted octanol–water partition coefficient (Wildman–Crippen LogP) is 1.88. The van der Waals surface area contributed by atoms with E-state index in [2.05, 4.69) is 6.92 Å². The standard InChI is InChI=1S/C14H20N2O2S2/c1-11-3-2-8-16(9-11)20(17,18)10-12-4-6-13(7-5-12)14(15)19/h4-7,11H,2-3,8-10H2,1H3,(H2,15,19). The number of nitrogens with zero attached hydrogens (tertiary/aromatic N) is 1. The fourth-order valence-electron chi connectivity index (χ4n) is 2.47. The summed E-state index contributed by atoms with van der Waals surface area (Å²) < 4.78 is 26.4. The first-order valence-electron chi connectivity index (χ1n) is 6.75. The molecular formula is C14H20N2O2S2. The average molecular weight is 312 g/mol. The fourth-order valence-corrected chi connectivity index (χ4v) is 4.29. The minimum atomic E-state index is -3.23. The zero-order chi connectivity index (χ0) is 14.8. The van der Waals surface area contributed by atoms with Gasteiger partial charge < -0.3 is 5.73 Å². The minimum Gasteiger partial charge on any atom is -0.389 e. The van der Waals surface area contributed by atoms with Crippen LogP contribution in [0.1, 0.15) is 30.9 Å². The maximum absolute atomic E-state index is 12.4. The van der Waals surface area contributed by atoms with Crippen LogP contribution in [-0.4, -0.2) is 30.8 Å². The molecule has 1 fully saturated rings. The van der Waals surface area contributed by atoms with Gasteiger partial charge in [0.25, 0.3) is 0 Å². The van der Waals surface area contributed by atoms with Gasteiger partial charge in [-0.25, -0.2) is 12.7 Å². The quantitative estimate of drug-likeness (QED) is 0.862. The summed E-state index contributed by atoms with van der Waals surface area (Å²) in [5.74, 6) is 0.479. The van der Waals surface area contributed by atoms with Crippen molar-refractivity contribution in [2.75, 3.05) is 13.1 Å². The minimum absolute atomic E-state index is 0.0390. The molecule has 0 aliphatic carbocycles. The predicted molar refractivity (Wildman–Crippen MR) is 84.9 cm³/mol. The van der Waals surface area contributed by atoms with Crippen LogP contribution >= 0.6 is 12.2 Å². The van der Waals surface area contributed by atoms with E-state index < -0.39 is 10.0 Å². The van der Waals surface area contributed by atoms with Crippen molar-refractivity contribution in [1.82, 2.24) is 4.31 Å². The van der Waals surface area contributed by atoms with E-state index >= 15 is 0 Å². The van der Waals surface area contributed by atoms with Gasteiger partial charge in [-0.3, -0.25) is 0 Å². The normalized spacial score (nSPS) is 20.8. The van der Waals surface area contributed by atoms with Crippen LogP contribution in [0.3, 0.4) is 0 Å². The lowest BCUT2D eigenvalue weighted by Crippen LogP contribution is -2.39. The Balaban J connectivity index is 2.09. The SMILES string of the molecule is CC1CCCN(S(=O)(=O)Cc2ccc(C(N)=S)cc2)C1. The number of nitrogens with two attached hydrogens (primary N) is 1. The van der Waals surface area contributed by atoms with Crippen molar-refractivity contribution in [2.45, 2.75) is 25.5 Å². The molecular weight excluding hydrogens is 292 g/mol. The Bertz CT molecular complexity index is 582. The van der Waals surface area contributed by atoms with Crippen LogP contribution in [0.2, 0.25) is 0 Å². The Hall–Kier alpha value is -0.980. The highest BCUT2D eigenvalue weighted by Crippen LogP contribution is 2.21. The van der Waals surface area contributed by atoms with Crippen molar-refractivity contribution in [3.8, 4) is 0 Å². The van der Waals surface area contributed by atoms with Crippen molar-refractivity contribution < 1.29 is 8.42 Å². The van der Waals surface area contributed by atoms with Gasteiger partial charge in [-0.05, 0) is 24.3 Å². The summed E-state index contributed by atoms with van der Waals surface area (Å²) in [4.78, 5) is 0.323. The highest BCUT2D eigenvalue weighted by molar-refractivity contribution is 7.88. The van der Waals surface area contributed by atoms with E-state index in [0.29, 0.717) is 24.0 Å². The third-order valence-corrected chi connectivity index (χ3v) is 5.65. The molecule has 4 nitrogen and oxygen atoms in total. The second kappa shape index (κ2) is 6.20. The van der Waals surface area contributed by atoms with Crippen LogP contribution in [0.5, 0.6) is 0 Å². The monoisotopic (exact) mass is 312 g/mol. The maximum atomic E-state index is 12.4. The first kappa shape index (κ1) is 15.4. The molecule has 1 aromatic rings. The molecule has 1 aromatic carbocycles. The topological polar surface area (TPSA) is 63.4 Å². The van der Waals surface area contributed by atoms with Gasteiger partial charge in [-0.2, -0.15) is 0 Å². The maximum Gasteiger partial charge on any atom is 0.218 e. The molecule has 1 atom stereocenters. The molecule has 20 heavy (non-hydrogen) atoms. The molecule has 2 N–H and O–H groups in total. The Labute approximate surface area is 126 Å². The number of hydrogen-bond acceptors (Lipinski definition) is 3. The largest absolute Gasteiger partial charge is 0.389 e. The van der Waals surface area contributed by atoms with Crippen molar-refractivity contribution in [3.05, 3.63) is 35.4 Å². The molecule has 1 unspecified atom stereocenters. The molecule has 0 spiro atoms. The van der Waals surface area contributed by atoms with Crippen molar-refractivity contribution in [1.29, 1.82) is 0 Å². The van der Waals surface area contributed by atoms with Crippen LogP contribution < -0.4 is 5.73 Å². The number of piperidine rings is 1. The van der Waals surface area contributed by atoms with E-state index in [1.54, 1.807) is 28.6 Å². The van der Waals surface area contributed by atoms with Crippen molar-refractivity contribution in [2.24, 2.45) is 11.7 Å². The fraction of sp³-hybridized carbons (Fsp3) is 0.500. The van der Waals surface area contributed by atoms with Crippen LogP contribution in [0, 0.1) is 5.92 Å². The average Bonchev–Trinajstić information content (AvgIpc) is 2.39. The summed E-state index contributed by atoms with van der Waals surface area (Å²) >= 11 is 4.88. The molecule has 1 aliphatic rings. The summed E-state index contributed by atoms with van der Waals surface area (Å²) in [7, 11) is -3.23. The van der Waals surface area contributed by atoms with Gasteiger partial charge in [0.2, 0.25) is 10.0 Å². The smallest absolute Gasteiger partial charge is 0.218 e. The Morgan fingerprint density at radius 1 is 1.40 bits per heavy atom.